The summed E-state index contributed by atoms with van der Waals surface area (Å²) >= 11 is 8.70. The topological polar surface area (TPSA) is 119 Å². The number of amides is 3. The molecule has 4 aromatic carbocycles. The van der Waals surface area contributed by atoms with Gasteiger partial charge in [-0.2, -0.15) is 0 Å². The molecule has 9 nitrogen and oxygen atoms in total. The average molecular weight is 699 g/mol. The molecule has 1 aromatic heterocycles. The first kappa shape index (κ1) is 34.2. The molecule has 12 heteroatoms. The van der Waals surface area contributed by atoms with Crippen LogP contribution in [0.1, 0.15) is 22.8 Å². The van der Waals surface area contributed by atoms with Gasteiger partial charge in [-0.15, -0.1) is 23.1 Å². The summed E-state index contributed by atoms with van der Waals surface area (Å²) in [4.78, 5) is 44.9. The van der Waals surface area contributed by atoms with Crippen LogP contribution in [-0.2, 0) is 9.59 Å². The molecule has 0 aliphatic carbocycles. The lowest BCUT2D eigenvalue weighted by Gasteiger charge is -2.14. The number of benzene rings is 4. The van der Waals surface area contributed by atoms with Crippen LogP contribution in [0.5, 0.6) is 11.5 Å². The van der Waals surface area contributed by atoms with Crippen molar-refractivity contribution in [3.8, 4) is 22.8 Å². The number of thioether (sulfide) groups is 1. The molecule has 0 bridgehead atoms. The quantitative estimate of drug-likeness (QED) is 0.0892. The predicted molar refractivity (Wildman–Crippen MR) is 193 cm³/mol. The van der Waals surface area contributed by atoms with Crippen LogP contribution in [0, 0.1) is 0 Å². The molecule has 48 heavy (non-hydrogen) atoms. The number of para-hydroxylation sites is 1. The summed E-state index contributed by atoms with van der Waals surface area (Å²) in [6.45, 7) is 1.81. The second-order valence-corrected chi connectivity index (χ2v) is 12.9. The third-order valence-electron chi connectivity index (χ3n) is 6.93. The van der Waals surface area contributed by atoms with E-state index in [9.17, 15) is 14.4 Å². The first-order valence-corrected chi connectivity index (χ1v) is 16.8. The van der Waals surface area contributed by atoms with Crippen LogP contribution in [0.25, 0.3) is 17.3 Å². The van der Waals surface area contributed by atoms with Crippen LogP contribution in [0.4, 0.5) is 10.8 Å². The van der Waals surface area contributed by atoms with E-state index in [4.69, 9.17) is 21.1 Å². The molecule has 0 radical (unpaired) electrons. The van der Waals surface area contributed by atoms with E-state index in [2.05, 4.69) is 20.9 Å². The van der Waals surface area contributed by atoms with Gasteiger partial charge in [0.25, 0.3) is 11.8 Å². The van der Waals surface area contributed by atoms with E-state index in [1.807, 2.05) is 36.6 Å². The fourth-order valence-corrected chi connectivity index (χ4v) is 6.20. The fourth-order valence-electron chi connectivity index (χ4n) is 4.49. The molecule has 1 heterocycles. The maximum absolute atomic E-state index is 13.5. The van der Waals surface area contributed by atoms with E-state index in [-0.39, 0.29) is 11.6 Å². The molecule has 244 valence electrons. The first-order chi connectivity index (χ1) is 23.2. The number of halogens is 1. The molecular formula is C36H31ClN4O5S2. The number of rotatable bonds is 12. The minimum absolute atomic E-state index is 0.000516. The van der Waals surface area contributed by atoms with Crippen molar-refractivity contribution in [2.24, 2.45) is 0 Å². The molecular weight excluding hydrogens is 668 g/mol. The first-order valence-electron chi connectivity index (χ1n) is 14.6. The summed E-state index contributed by atoms with van der Waals surface area (Å²) in [5.74, 6) is -0.289. The summed E-state index contributed by atoms with van der Waals surface area (Å²) in [5, 5.41) is 11.1. The largest absolute Gasteiger partial charge is 0.493 e. The lowest BCUT2D eigenvalue weighted by Crippen LogP contribution is -2.30. The molecule has 0 saturated carbocycles. The molecule has 5 rings (SSSR count). The molecule has 3 amide bonds. The number of nitrogens with zero attached hydrogens (tertiary/aromatic N) is 1. The van der Waals surface area contributed by atoms with Crippen molar-refractivity contribution in [2.45, 2.75) is 17.1 Å². The van der Waals surface area contributed by atoms with Crippen molar-refractivity contribution in [3.05, 3.63) is 124 Å². The number of anilines is 2. The van der Waals surface area contributed by atoms with Gasteiger partial charge in [0.1, 0.15) is 5.70 Å². The molecule has 0 aliphatic heterocycles. The van der Waals surface area contributed by atoms with Crippen LogP contribution >= 0.6 is 34.7 Å². The number of thiazole rings is 1. The van der Waals surface area contributed by atoms with Crippen LogP contribution < -0.4 is 25.4 Å². The zero-order valence-corrected chi connectivity index (χ0v) is 28.5. The maximum Gasteiger partial charge on any atom is 0.272 e. The van der Waals surface area contributed by atoms with Gasteiger partial charge in [0, 0.05) is 37.7 Å². The predicted octanol–water partition coefficient (Wildman–Crippen LogP) is 8.01. The number of carbonyl (C=O) groups is 3. The number of methoxy groups -OCH3 is 2. The van der Waals surface area contributed by atoms with E-state index in [1.165, 1.54) is 43.4 Å². The Morgan fingerprint density at radius 1 is 0.875 bits per heavy atom. The van der Waals surface area contributed by atoms with Gasteiger partial charge in [-0.25, -0.2) is 4.98 Å². The second-order valence-electron chi connectivity index (χ2n) is 10.2. The summed E-state index contributed by atoms with van der Waals surface area (Å²) < 4.78 is 10.9. The van der Waals surface area contributed by atoms with Crippen molar-refractivity contribution in [3.63, 3.8) is 0 Å². The van der Waals surface area contributed by atoms with Gasteiger partial charge in [-0.1, -0.05) is 54.1 Å². The summed E-state index contributed by atoms with van der Waals surface area (Å²) in [7, 11) is 3.02. The summed E-state index contributed by atoms with van der Waals surface area (Å²) in [6.07, 6.45) is 1.53. The van der Waals surface area contributed by atoms with Crippen molar-refractivity contribution < 1.29 is 23.9 Å². The number of nitrogens with one attached hydrogen (secondary N) is 3. The Morgan fingerprint density at radius 2 is 1.60 bits per heavy atom. The van der Waals surface area contributed by atoms with Crippen LogP contribution in [0.3, 0.4) is 0 Å². The molecule has 0 aliphatic rings. The summed E-state index contributed by atoms with van der Waals surface area (Å²) in [6, 6.07) is 28.3. The fraction of sp³-hybridized carbons (Fsp3) is 0.111. The standard InChI is InChI=1S/C36H31ClN4O5S2/c1-22(33(42)41-36-40-30(21-47-36)23-12-14-26(37)15-13-23)48-28-18-16-27(17-19-28)38-35(44)29(39-34(43)24-8-5-4-6-9-24)20-25-10-7-11-31(45-2)32(25)46-3/h4-22H,1-3H3,(H,38,44)(H,39,43)(H,40,41,42)/b29-20-. The van der Waals surface area contributed by atoms with E-state index < -0.39 is 17.1 Å². The Balaban J connectivity index is 1.25. The van der Waals surface area contributed by atoms with Crippen molar-refractivity contribution in [1.82, 2.24) is 10.3 Å². The lowest BCUT2D eigenvalue weighted by molar-refractivity contribution is -0.115. The molecule has 1 unspecified atom stereocenters. The van der Waals surface area contributed by atoms with Gasteiger partial charge >= 0.3 is 0 Å². The molecule has 0 fully saturated rings. The minimum Gasteiger partial charge on any atom is -0.493 e. The van der Waals surface area contributed by atoms with Gasteiger partial charge in [-0.3, -0.25) is 14.4 Å². The van der Waals surface area contributed by atoms with Gasteiger partial charge < -0.3 is 25.4 Å². The van der Waals surface area contributed by atoms with Crippen LogP contribution in [0.2, 0.25) is 5.02 Å². The molecule has 0 spiro atoms. The highest BCUT2D eigenvalue weighted by atomic mass is 35.5. The van der Waals surface area contributed by atoms with Crippen LogP contribution in [-0.4, -0.2) is 42.2 Å². The number of aromatic nitrogens is 1. The van der Waals surface area contributed by atoms with Crippen LogP contribution in [0.15, 0.2) is 113 Å². The molecule has 0 saturated heterocycles. The van der Waals surface area contributed by atoms with Gasteiger partial charge in [0.2, 0.25) is 5.91 Å². The normalized spacial score (nSPS) is 11.7. The molecule has 5 aromatic rings. The average Bonchev–Trinajstić information content (AvgIpc) is 3.57. The van der Waals surface area contributed by atoms with Crippen molar-refractivity contribution >= 4 is 69.3 Å². The Bertz CT molecular complexity index is 1930. The zero-order chi connectivity index (χ0) is 34.0. The van der Waals surface area contributed by atoms with Gasteiger partial charge in [0.05, 0.1) is 25.2 Å². The zero-order valence-electron chi connectivity index (χ0n) is 26.2. The number of carbonyl (C=O) groups excluding carboxylic acids is 3. The number of ether oxygens (including phenoxy) is 2. The summed E-state index contributed by atoms with van der Waals surface area (Å²) in [5.41, 5.74) is 3.09. The SMILES string of the molecule is COc1cccc(/C=C(\NC(=O)c2ccccc2)C(=O)Nc2ccc(SC(C)C(=O)Nc3nc(-c4ccc(Cl)cc4)cs3)cc2)c1OC. The number of hydrogen-bond donors (Lipinski definition) is 3. The van der Waals surface area contributed by atoms with Crippen molar-refractivity contribution in [1.29, 1.82) is 0 Å². The van der Waals surface area contributed by atoms with Crippen molar-refractivity contribution in [2.75, 3.05) is 24.9 Å². The Morgan fingerprint density at radius 3 is 2.29 bits per heavy atom. The van der Waals surface area contributed by atoms with Gasteiger partial charge in [-0.05, 0) is 67.6 Å². The third-order valence-corrected chi connectivity index (χ3v) is 9.05. The second kappa shape index (κ2) is 16.1. The van der Waals surface area contributed by atoms with E-state index in [0.717, 1.165) is 16.2 Å². The smallest absolute Gasteiger partial charge is 0.272 e. The monoisotopic (exact) mass is 698 g/mol. The third kappa shape index (κ3) is 8.82. The minimum atomic E-state index is -0.543. The Labute approximate surface area is 291 Å². The van der Waals surface area contributed by atoms with E-state index in [0.29, 0.717) is 38.5 Å². The Hall–Kier alpha value is -5.10. The van der Waals surface area contributed by atoms with E-state index in [1.54, 1.807) is 72.8 Å². The Kier molecular flexibility index (Phi) is 11.5. The number of hydrogen-bond acceptors (Lipinski definition) is 8. The highest BCUT2D eigenvalue weighted by molar-refractivity contribution is 8.00. The lowest BCUT2D eigenvalue weighted by atomic mass is 10.1. The van der Waals surface area contributed by atoms with E-state index >= 15 is 0 Å². The highest BCUT2D eigenvalue weighted by Crippen LogP contribution is 2.33. The molecule has 3 N–H and O–H groups in total. The van der Waals surface area contributed by atoms with Gasteiger partial charge in [0.15, 0.2) is 16.6 Å². The highest BCUT2D eigenvalue weighted by Gasteiger charge is 2.19. The molecule has 1 atom stereocenters. The maximum atomic E-state index is 13.5.